The number of nitrogens with zero attached hydrogens (tertiary/aromatic N) is 3. The third-order valence-corrected chi connectivity index (χ3v) is 5.14. The van der Waals surface area contributed by atoms with E-state index < -0.39 is 0 Å². The van der Waals surface area contributed by atoms with Crippen molar-refractivity contribution in [1.82, 2.24) is 4.37 Å². The van der Waals surface area contributed by atoms with Gasteiger partial charge in [0.1, 0.15) is 28.1 Å². The van der Waals surface area contributed by atoms with Crippen LogP contribution in [-0.4, -0.2) is 37.7 Å². The Balaban J connectivity index is 1.72. The van der Waals surface area contributed by atoms with Gasteiger partial charge in [-0.1, -0.05) is 11.6 Å². The lowest BCUT2D eigenvalue weighted by atomic mass is 10.2. The maximum Gasteiger partial charge on any atom is 0.162 e. The Hall–Kier alpha value is -2.17. The minimum atomic E-state index is 0.228. The maximum absolute atomic E-state index is 9.16. The summed E-state index contributed by atoms with van der Waals surface area (Å²) in [5, 5.41) is 13.5. The first kappa shape index (κ1) is 16.7. The molecule has 1 aliphatic heterocycles. The lowest BCUT2D eigenvalue weighted by Gasteiger charge is -2.20. The monoisotopic (exact) mass is 364 g/mol. The van der Waals surface area contributed by atoms with Gasteiger partial charge in [-0.2, -0.15) is 9.64 Å². The van der Waals surface area contributed by atoms with Crippen LogP contribution < -0.4 is 19.7 Å². The predicted molar refractivity (Wildman–Crippen MR) is 95.6 cm³/mol. The van der Waals surface area contributed by atoms with Gasteiger partial charge in [-0.3, -0.25) is 0 Å². The Bertz CT molecular complexity index is 752. The van der Waals surface area contributed by atoms with Crippen molar-refractivity contribution in [3.8, 4) is 17.6 Å². The molecule has 6 nitrogen and oxygen atoms in total. The van der Waals surface area contributed by atoms with E-state index in [1.54, 1.807) is 14.2 Å². The van der Waals surface area contributed by atoms with E-state index >= 15 is 0 Å². The second-order valence-corrected chi connectivity index (χ2v) is 6.57. The van der Waals surface area contributed by atoms with Gasteiger partial charge in [0.25, 0.3) is 0 Å². The van der Waals surface area contributed by atoms with E-state index in [1.807, 2.05) is 18.2 Å². The van der Waals surface area contributed by atoms with Gasteiger partial charge < -0.3 is 19.7 Å². The molecule has 0 spiro atoms. The Morgan fingerprint density at radius 2 is 2.04 bits per heavy atom. The first-order valence-corrected chi connectivity index (χ1v) is 8.59. The molecule has 3 rings (SSSR count). The summed E-state index contributed by atoms with van der Waals surface area (Å²) >= 11 is 7.14. The van der Waals surface area contributed by atoms with Gasteiger partial charge >= 0.3 is 0 Å². The molecule has 24 heavy (non-hydrogen) atoms. The van der Waals surface area contributed by atoms with Gasteiger partial charge in [0, 0.05) is 43.0 Å². The van der Waals surface area contributed by atoms with Crippen molar-refractivity contribution in [1.29, 1.82) is 5.26 Å². The quantitative estimate of drug-likeness (QED) is 0.877. The summed E-state index contributed by atoms with van der Waals surface area (Å²) < 4.78 is 14.7. The fourth-order valence-corrected chi connectivity index (χ4v) is 3.75. The number of ether oxygens (including phenoxy) is 2. The molecule has 1 saturated heterocycles. The van der Waals surface area contributed by atoms with Crippen molar-refractivity contribution in [3.63, 3.8) is 0 Å². The smallest absolute Gasteiger partial charge is 0.162 e. The molecule has 126 valence electrons. The predicted octanol–water partition coefficient (Wildman–Crippen LogP) is 3.38. The van der Waals surface area contributed by atoms with Crippen LogP contribution in [0.4, 0.5) is 10.7 Å². The van der Waals surface area contributed by atoms with Crippen LogP contribution in [0.5, 0.6) is 11.5 Å². The van der Waals surface area contributed by atoms with Gasteiger partial charge in [0.2, 0.25) is 0 Å². The van der Waals surface area contributed by atoms with Crippen LogP contribution in [-0.2, 0) is 0 Å². The molecule has 1 aliphatic rings. The number of aromatic nitrogens is 1. The molecule has 0 bridgehead atoms. The van der Waals surface area contributed by atoms with Gasteiger partial charge in [-0.05, 0) is 18.0 Å². The molecule has 1 N–H and O–H groups in total. The average molecular weight is 365 g/mol. The third-order valence-electron chi connectivity index (χ3n) is 3.99. The topological polar surface area (TPSA) is 70.4 Å². The number of rotatable bonds is 5. The first-order chi connectivity index (χ1) is 11.6. The molecule has 2 aromatic rings. The molecule has 1 aromatic heterocycles. The Labute approximate surface area is 149 Å². The molecule has 0 amide bonds. The molecule has 2 heterocycles. The van der Waals surface area contributed by atoms with Gasteiger partial charge in [0.15, 0.2) is 5.15 Å². The first-order valence-electron chi connectivity index (χ1n) is 7.44. The minimum absolute atomic E-state index is 0.228. The minimum Gasteiger partial charge on any atom is -0.497 e. The second kappa shape index (κ2) is 7.16. The highest BCUT2D eigenvalue weighted by Gasteiger charge is 2.25. The van der Waals surface area contributed by atoms with Gasteiger partial charge in [0.05, 0.1) is 14.2 Å². The number of hydrogen-bond acceptors (Lipinski definition) is 7. The highest BCUT2D eigenvalue weighted by atomic mass is 35.5. The summed E-state index contributed by atoms with van der Waals surface area (Å²) in [5.41, 5.74) is 1.47. The summed E-state index contributed by atoms with van der Waals surface area (Å²) in [6.07, 6.45) is 0.958. The highest BCUT2D eigenvalue weighted by molar-refractivity contribution is 7.10. The van der Waals surface area contributed by atoms with E-state index in [4.69, 9.17) is 26.3 Å². The summed E-state index contributed by atoms with van der Waals surface area (Å²) in [6.45, 7) is 1.72. The molecule has 0 aliphatic carbocycles. The van der Waals surface area contributed by atoms with E-state index in [2.05, 4.69) is 20.7 Å². The van der Waals surface area contributed by atoms with Crippen LogP contribution in [0.25, 0.3) is 0 Å². The average Bonchev–Trinajstić information content (AvgIpc) is 3.21. The van der Waals surface area contributed by atoms with Crippen LogP contribution in [0, 0.1) is 11.3 Å². The summed E-state index contributed by atoms with van der Waals surface area (Å²) in [7, 11) is 3.29. The zero-order valence-electron chi connectivity index (χ0n) is 13.4. The van der Waals surface area contributed by atoms with Crippen LogP contribution in [0.2, 0.25) is 5.15 Å². The lowest BCUT2D eigenvalue weighted by Crippen LogP contribution is -2.25. The van der Waals surface area contributed by atoms with E-state index in [-0.39, 0.29) is 11.2 Å². The Morgan fingerprint density at radius 1 is 1.33 bits per heavy atom. The van der Waals surface area contributed by atoms with Crippen molar-refractivity contribution in [2.45, 2.75) is 12.5 Å². The normalized spacial score (nSPS) is 16.8. The highest BCUT2D eigenvalue weighted by Crippen LogP contribution is 2.33. The number of methoxy groups -OCH3 is 2. The summed E-state index contributed by atoms with van der Waals surface area (Å²) in [6, 6.07) is 8.17. The number of hydrogen-bond donors (Lipinski definition) is 1. The number of nitriles is 1. The van der Waals surface area contributed by atoms with Crippen molar-refractivity contribution in [2.75, 3.05) is 37.5 Å². The molecule has 8 heteroatoms. The fourth-order valence-electron chi connectivity index (χ4n) is 2.74. The van der Waals surface area contributed by atoms with Crippen molar-refractivity contribution in [3.05, 3.63) is 28.9 Å². The molecule has 0 saturated carbocycles. The largest absolute Gasteiger partial charge is 0.497 e. The zero-order valence-corrected chi connectivity index (χ0v) is 14.9. The van der Waals surface area contributed by atoms with Gasteiger partial charge in [-0.25, -0.2) is 0 Å². The lowest BCUT2D eigenvalue weighted by molar-refractivity contribution is 0.394. The summed E-state index contributed by atoms with van der Waals surface area (Å²) in [4.78, 5) is 2.26. The SMILES string of the molecule is COc1cc(OC)cc(N2CCC(Nc3snc(Cl)c3C#N)C2)c1. The molecular formula is C16H17ClN4O2S. The van der Waals surface area contributed by atoms with Crippen molar-refractivity contribution < 1.29 is 9.47 Å². The van der Waals surface area contributed by atoms with Crippen LogP contribution >= 0.6 is 23.1 Å². The molecule has 1 unspecified atom stereocenters. The van der Waals surface area contributed by atoms with Gasteiger partial charge in [-0.15, -0.1) is 0 Å². The van der Waals surface area contributed by atoms with E-state index in [9.17, 15) is 0 Å². The Morgan fingerprint density at radius 3 is 2.67 bits per heavy atom. The Kier molecular flexibility index (Phi) is 4.97. The number of benzene rings is 1. The van der Waals surface area contributed by atoms with Crippen LogP contribution in [0.1, 0.15) is 12.0 Å². The molecule has 1 aromatic carbocycles. The zero-order chi connectivity index (χ0) is 17.1. The molecule has 1 fully saturated rings. The van der Waals surface area contributed by atoms with Crippen molar-refractivity contribution >= 4 is 33.8 Å². The second-order valence-electron chi connectivity index (χ2n) is 5.44. The van der Waals surface area contributed by atoms with E-state index in [0.717, 1.165) is 41.7 Å². The summed E-state index contributed by atoms with van der Waals surface area (Å²) in [5.74, 6) is 1.53. The van der Waals surface area contributed by atoms with E-state index in [0.29, 0.717) is 5.56 Å². The maximum atomic E-state index is 9.16. The number of nitrogens with one attached hydrogen (secondary N) is 1. The fraction of sp³-hybridized carbons (Fsp3) is 0.375. The van der Waals surface area contributed by atoms with Crippen LogP contribution in [0.15, 0.2) is 18.2 Å². The molecule has 1 atom stereocenters. The van der Waals surface area contributed by atoms with Crippen molar-refractivity contribution in [2.24, 2.45) is 0 Å². The third kappa shape index (κ3) is 3.35. The van der Waals surface area contributed by atoms with Crippen LogP contribution in [0.3, 0.4) is 0 Å². The molecular weight excluding hydrogens is 348 g/mol. The van der Waals surface area contributed by atoms with E-state index in [1.165, 1.54) is 11.5 Å². The number of anilines is 2. The molecule has 0 radical (unpaired) electrons. The standard InChI is InChI=1S/C16H17ClN4O2S/c1-22-12-5-11(6-13(7-12)23-2)21-4-3-10(9-21)19-16-14(8-18)15(17)20-24-16/h5-7,10,19H,3-4,9H2,1-2H3. The number of halogens is 1.